The third-order valence-electron chi connectivity index (χ3n) is 5.66. The third-order valence-corrected chi connectivity index (χ3v) is 39.0. The van der Waals surface area contributed by atoms with Crippen molar-refractivity contribution in [2.75, 3.05) is 13.2 Å². The van der Waals surface area contributed by atoms with E-state index in [-0.39, 0.29) is 0 Å². The molecule has 5 heteroatoms. The molecular weight excluding hydrogens is 574 g/mol. The van der Waals surface area contributed by atoms with Crippen LogP contribution >= 0.6 is 0 Å². The Bertz CT molecular complexity index is 360. The number of rotatable bonds is 18. The van der Waals surface area contributed by atoms with E-state index in [2.05, 4.69) is 69.2 Å². The van der Waals surface area contributed by atoms with Crippen molar-refractivity contribution in [2.45, 2.75) is 113 Å². The molecule has 0 unspecified atom stereocenters. The molecule has 0 spiro atoms. The van der Waals surface area contributed by atoms with E-state index < -0.39 is 38.4 Å². The Morgan fingerprint density at radius 2 is 0.828 bits per heavy atom. The van der Waals surface area contributed by atoms with Gasteiger partial charge in [-0.05, 0) is 0 Å². The van der Waals surface area contributed by atoms with Gasteiger partial charge >= 0.3 is 196 Å². The van der Waals surface area contributed by atoms with E-state index in [1.165, 1.54) is 32.6 Å². The van der Waals surface area contributed by atoms with E-state index in [1.54, 1.807) is 0 Å². The summed E-state index contributed by atoms with van der Waals surface area (Å²) in [6.45, 7) is 24.5. The fourth-order valence-corrected chi connectivity index (χ4v) is 47.6. The zero-order valence-electron chi connectivity index (χ0n) is 21.6. The Labute approximate surface area is 194 Å². The Kier molecular flexibility index (Phi) is 17.0. The molecule has 0 aliphatic rings. The fourth-order valence-electron chi connectivity index (χ4n) is 3.71. The van der Waals surface area contributed by atoms with Crippen molar-refractivity contribution in [3.05, 3.63) is 0 Å². The van der Waals surface area contributed by atoms with E-state index in [0.717, 1.165) is 41.8 Å². The molecule has 3 nitrogen and oxygen atoms in total. The molecule has 0 aromatic carbocycles. The molecule has 0 aromatic rings. The molecule has 0 aliphatic heterocycles. The van der Waals surface area contributed by atoms with Crippen molar-refractivity contribution in [1.82, 2.24) is 0 Å². The Morgan fingerprint density at radius 3 is 1.10 bits per heavy atom. The topological polar surface area (TPSA) is 27.7 Å². The predicted octanol–water partition coefficient (Wildman–Crippen LogP) is 8.14. The van der Waals surface area contributed by atoms with Crippen LogP contribution in [0.3, 0.4) is 0 Å². The normalized spacial score (nSPS) is 13.4. The SMILES string of the molecule is CC[O][Sn]([CH2]CC(C)C)([O]CC)[O][Sn]([CH2]CC(C)C)([CH2]CC(C)C)[CH2]CC(C)C. The van der Waals surface area contributed by atoms with Crippen molar-refractivity contribution in [1.29, 1.82) is 0 Å². The fraction of sp³-hybridized carbons (Fsp3) is 1.00. The van der Waals surface area contributed by atoms with E-state index in [9.17, 15) is 0 Å². The molecular formula is C24H54O3Sn2. The van der Waals surface area contributed by atoms with Gasteiger partial charge in [-0.1, -0.05) is 0 Å². The van der Waals surface area contributed by atoms with Crippen LogP contribution in [0.1, 0.15) is 94.9 Å². The molecule has 0 amide bonds. The zero-order chi connectivity index (χ0) is 22.5. The molecule has 0 atom stereocenters. The summed E-state index contributed by atoms with van der Waals surface area (Å²) in [5.74, 6) is 2.90. The first-order valence-electron chi connectivity index (χ1n) is 12.5. The van der Waals surface area contributed by atoms with Crippen LogP contribution in [-0.2, 0) is 7.56 Å². The van der Waals surface area contributed by atoms with Crippen molar-refractivity contribution in [3.8, 4) is 0 Å². The molecule has 0 aliphatic carbocycles. The van der Waals surface area contributed by atoms with Gasteiger partial charge in [0, 0.05) is 0 Å². The molecule has 0 rings (SSSR count). The van der Waals surface area contributed by atoms with Crippen molar-refractivity contribution >= 4 is 38.4 Å². The average Bonchev–Trinajstić information content (AvgIpc) is 2.61. The summed E-state index contributed by atoms with van der Waals surface area (Å²) in [4.78, 5) is 0. The molecule has 0 bridgehead atoms. The van der Waals surface area contributed by atoms with Crippen molar-refractivity contribution < 1.29 is 7.56 Å². The zero-order valence-corrected chi connectivity index (χ0v) is 27.3. The van der Waals surface area contributed by atoms with Gasteiger partial charge in [0.2, 0.25) is 0 Å². The van der Waals surface area contributed by atoms with Crippen LogP contribution in [0.5, 0.6) is 0 Å². The molecule has 0 saturated carbocycles. The molecule has 0 heterocycles. The van der Waals surface area contributed by atoms with Crippen LogP contribution in [0, 0.1) is 23.7 Å². The van der Waals surface area contributed by atoms with E-state index in [0.29, 0.717) is 5.92 Å². The second-order valence-corrected chi connectivity index (χ2v) is 33.1. The van der Waals surface area contributed by atoms with Crippen LogP contribution in [0.25, 0.3) is 0 Å². The van der Waals surface area contributed by atoms with Crippen LogP contribution < -0.4 is 0 Å². The van der Waals surface area contributed by atoms with Gasteiger partial charge in [-0.25, -0.2) is 0 Å². The quantitative estimate of drug-likeness (QED) is 0.144. The number of hydrogen-bond donors (Lipinski definition) is 0. The van der Waals surface area contributed by atoms with Gasteiger partial charge < -0.3 is 0 Å². The Hall–Kier alpha value is 1.48. The molecule has 0 fully saturated rings. The monoisotopic (exact) mass is 630 g/mol. The van der Waals surface area contributed by atoms with Gasteiger partial charge in [0.15, 0.2) is 0 Å². The van der Waals surface area contributed by atoms with Crippen molar-refractivity contribution in [3.63, 3.8) is 0 Å². The van der Waals surface area contributed by atoms with Crippen LogP contribution in [-0.4, -0.2) is 51.6 Å². The molecule has 0 radical (unpaired) electrons. The maximum absolute atomic E-state index is 7.48. The summed E-state index contributed by atoms with van der Waals surface area (Å²) in [7, 11) is 0. The van der Waals surface area contributed by atoms with Gasteiger partial charge in [0.25, 0.3) is 0 Å². The first kappa shape index (κ1) is 30.5. The van der Waals surface area contributed by atoms with Gasteiger partial charge in [0.05, 0.1) is 0 Å². The minimum atomic E-state index is -3.53. The second kappa shape index (κ2) is 16.1. The van der Waals surface area contributed by atoms with Crippen LogP contribution in [0.15, 0.2) is 0 Å². The summed E-state index contributed by atoms with van der Waals surface area (Å²) in [5, 5.41) is 0. The first-order valence-corrected chi connectivity index (χ1v) is 25.2. The maximum atomic E-state index is 7.48. The molecule has 176 valence electrons. The summed E-state index contributed by atoms with van der Waals surface area (Å²) in [6, 6.07) is 0. The predicted molar refractivity (Wildman–Crippen MR) is 133 cm³/mol. The molecule has 0 saturated heterocycles. The number of hydrogen-bond acceptors (Lipinski definition) is 3. The second-order valence-electron chi connectivity index (χ2n) is 10.6. The molecule has 0 aromatic heterocycles. The first-order chi connectivity index (χ1) is 13.5. The Balaban J connectivity index is 5.90. The summed E-state index contributed by atoms with van der Waals surface area (Å²) in [5.41, 5.74) is 0. The van der Waals surface area contributed by atoms with E-state index >= 15 is 0 Å². The Morgan fingerprint density at radius 1 is 0.517 bits per heavy atom. The van der Waals surface area contributed by atoms with E-state index in [4.69, 9.17) is 7.56 Å². The van der Waals surface area contributed by atoms with Gasteiger partial charge in [-0.15, -0.1) is 0 Å². The molecule has 0 N–H and O–H groups in total. The summed E-state index contributed by atoms with van der Waals surface area (Å²) in [6.07, 6.45) is 5.07. The van der Waals surface area contributed by atoms with Gasteiger partial charge in [0.1, 0.15) is 0 Å². The molecule has 29 heavy (non-hydrogen) atoms. The van der Waals surface area contributed by atoms with Gasteiger partial charge in [-0.2, -0.15) is 0 Å². The van der Waals surface area contributed by atoms with Crippen molar-refractivity contribution in [2.24, 2.45) is 23.7 Å². The standard InChI is InChI=1S/4C5H11.2C2H5O.O.2Sn/c4*1-4-5(2)3;2*1-2-3;;;/h4*5H,1,4H2,2-3H3;2*2H2,1H3;;;/q;;;;2*-1;;;+2. The van der Waals surface area contributed by atoms with E-state index in [1.807, 2.05) is 0 Å². The van der Waals surface area contributed by atoms with Gasteiger partial charge in [-0.3, -0.25) is 0 Å². The third kappa shape index (κ3) is 14.3. The average molecular weight is 628 g/mol. The minimum absolute atomic E-state index is 0.669. The summed E-state index contributed by atoms with van der Waals surface area (Å²) >= 11 is -6.40. The summed E-state index contributed by atoms with van der Waals surface area (Å²) < 4.78 is 25.6. The van der Waals surface area contributed by atoms with Crippen LogP contribution in [0.4, 0.5) is 0 Å². The van der Waals surface area contributed by atoms with Crippen LogP contribution in [0.2, 0.25) is 17.7 Å².